The fraction of sp³-hybridized carbons (Fsp3) is 0.222. The van der Waals surface area contributed by atoms with Gasteiger partial charge >= 0.3 is 5.97 Å². The molecule has 2 aromatic carbocycles. The maximum absolute atomic E-state index is 13.2. The molecule has 1 aliphatic rings. The van der Waals surface area contributed by atoms with Crippen molar-refractivity contribution in [2.24, 2.45) is 0 Å². The lowest BCUT2D eigenvalue weighted by atomic mass is 9.99. The van der Waals surface area contributed by atoms with Crippen LogP contribution in [-0.2, 0) is 25.5 Å². The number of nitrogens with zero attached hydrogens (tertiary/aromatic N) is 1. The Morgan fingerprint density at radius 3 is 2.31 bits per heavy atom. The number of carbonyl (C=O) groups excluding carboxylic acids is 3. The summed E-state index contributed by atoms with van der Waals surface area (Å²) in [6.07, 6.45) is -0.103. The molecule has 7 nitrogen and oxygen atoms in total. The van der Waals surface area contributed by atoms with Crippen LogP contribution in [0.1, 0.15) is 35.9 Å². The number of benzene rings is 2. The fourth-order valence-corrected chi connectivity index (χ4v) is 4.79. The van der Waals surface area contributed by atoms with Crippen molar-refractivity contribution in [2.75, 3.05) is 12.0 Å². The molecule has 3 aromatic rings. The van der Waals surface area contributed by atoms with E-state index in [1.165, 1.54) is 23.3 Å². The summed E-state index contributed by atoms with van der Waals surface area (Å²) in [6.45, 7) is 3.57. The summed E-state index contributed by atoms with van der Waals surface area (Å²) >= 11 is 1.39. The largest absolute Gasteiger partial charge is 0.507 e. The van der Waals surface area contributed by atoms with Crippen LogP contribution in [-0.4, -0.2) is 36.0 Å². The number of thiophene rings is 1. The molecule has 1 aromatic heterocycles. The number of anilines is 1. The number of ketones is 1. The molecule has 8 heteroatoms. The van der Waals surface area contributed by atoms with Gasteiger partial charge in [-0.05, 0) is 67.3 Å². The Morgan fingerprint density at radius 2 is 1.74 bits per heavy atom. The van der Waals surface area contributed by atoms with E-state index in [1.54, 1.807) is 62.4 Å². The number of amides is 1. The van der Waals surface area contributed by atoms with Gasteiger partial charge in [0.15, 0.2) is 0 Å². The summed E-state index contributed by atoms with van der Waals surface area (Å²) in [4.78, 5) is 40.5. The smallest absolute Gasteiger partial charge is 0.310 e. The molecule has 1 atom stereocenters. The van der Waals surface area contributed by atoms with Gasteiger partial charge in [-0.1, -0.05) is 18.2 Å². The van der Waals surface area contributed by atoms with E-state index >= 15 is 0 Å². The molecular formula is C27H25NO6S. The Kier molecular flexibility index (Phi) is 7.02. The second kappa shape index (κ2) is 10.1. The molecule has 0 spiro atoms. The quantitative estimate of drug-likeness (QED) is 0.219. The number of aliphatic hydroxyl groups is 1. The van der Waals surface area contributed by atoms with Crippen molar-refractivity contribution in [1.82, 2.24) is 0 Å². The van der Waals surface area contributed by atoms with E-state index in [9.17, 15) is 19.5 Å². The summed E-state index contributed by atoms with van der Waals surface area (Å²) in [7, 11) is 1.54. The Labute approximate surface area is 207 Å². The molecule has 1 saturated heterocycles. The minimum Gasteiger partial charge on any atom is -0.507 e. The molecule has 0 bridgehead atoms. The number of methoxy groups -OCH3 is 1. The van der Waals surface area contributed by atoms with E-state index < -0.39 is 17.7 Å². The van der Waals surface area contributed by atoms with Crippen LogP contribution in [0.4, 0.5) is 5.69 Å². The van der Waals surface area contributed by atoms with E-state index in [0.29, 0.717) is 17.0 Å². The SMILES string of the molecule is COc1ccc(/C(O)=C2/C(=O)C(=O)N(c3ccc(CC(=O)OC(C)C)cc3)C2c2cccs2)cc1. The maximum atomic E-state index is 13.2. The molecule has 0 radical (unpaired) electrons. The highest BCUT2D eigenvalue weighted by Gasteiger charge is 2.47. The van der Waals surface area contributed by atoms with E-state index in [2.05, 4.69) is 0 Å². The number of esters is 1. The molecule has 35 heavy (non-hydrogen) atoms. The monoisotopic (exact) mass is 491 g/mol. The first-order chi connectivity index (χ1) is 16.8. The van der Waals surface area contributed by atoms with E-state index in [1.807, 2.05) is 17.5 Å². The topological polar surface area (TPSA) is 93.1 Å². The molecule has 0 saturated carbocycles. The van der Waals surface area contributed by atoms with Crippen molar-refractivity contribution >= 4 is 40.4 Å². The molecule has 0 aliphatic carbocycles. The minimum atomic E-state index is -0.783. The maximum Gasteiger partial charge on any atom is 0.310 e. The van der Waals surface area contributed by atoms with Gasteiger partial charge in [-0.25, -0.2) is 0 Å². The first-order valence-electron chi connectivity index (χ1n) is 11.1. The van der Waals surface area contributed by atoms with Crippen LogP contribution in [0.15, 0.2) is 71.6 Å². The van der Waals surface area contributed by atoms with Gasteiger partial charge in [0.05, 0.1) is 25.2 Å². The highest BCUT2D eigenvalue weighted by atomic mass is 32.1. The second-order valence-electron chi connectivity index (χ2n) is 8.29. The molecule has 4 rings (SSSR count). The van der Waals surface area contributed by atoms with E-state index in [-0.39, 0.29) is 29.8 Å². The van der Waals surface area contributed by atoms with Crippen LogP contribution < -0.4 is 9.64 Å². The lowest BCUT2D eigenvalue weighted by Crippen LogP contribution is -2.29. The normalized spacial score (nSPS) is 17.1. The van der Waals surface area contributed by atoms with Crippen molar-refractivity contribution in [2.45, 2.75) is 32.4 Å². The third kappa shape index (κ3) is 4.97. The van der Waals surface area contributed by atoms with Gasteiger partial charge < -0.3 is 14.6 Å². The predicted octanol–water partition coefficient (Wildman–Crippen LogP) is 4.88. The summed E-state index contributed by atoms with van der Waals surface area (Å²) < 4.78 is 10.4. The van der Waals surface area contributed by atoms with Gasteiger partial charge in [-0.2, -0.15) is 0 Å². The number of Topliss-reactive ketones (excluding diaryl/α,β-unsaturated/α-hetero) is 1. The van der Waals surface area contributed by atoms with E-state index in [4.69, 9.17) is 9.47 Å². The number of hydrogen-bond acceptors (Lipinski definition) is 7. The van der Waals surface area contributed by atoms with Gasteiger partial charge in [0.25, 0.3) is 11.7 Å². The Bertz CT molecular complexity index is 1260. The number of hydrogen-bond donors (Lipinski definition) is 1. The first kappa shape index (κ1) is 24.2. The van der Waals surface area contributed by atoms with Gasteiger partial charge in [-0.15, -0.1) is 11.3 Å². The molecule has 1 unspecified atom stereocenters. The predicted molar refractivity (Wildman–Crippen MR) is 133 cm³/mol. The zero-order chi connectivity index (χ0) is 25.1. The molecular weight excluding hydrogens is 466 g/mol. The van der Waals surface area contributed by atoms with Crippen LogP contribution >= 0.6 is 11.3 Å². The van der Waals surface area contributed by atoms with Crippen LogP contribution in [0.25, 0.3) is 5.76 Å². The summed E-state index contributed by atoms with van der Waals surface area (Å²) in [5.41, 5.74) is 1.64. The van der Waals surface area contributed by atoms with Crippen molar-refractivity contribution < 1.29 is 29.0 Å². The molecule has 1 N–H and O–H groups in total. The number of rotatable bonds is 7. The van der Waals surface area contributed by atoms with Crippen molar-refractivity contribution in [3.8, 4) is 5.75 Å². The summed E-state index contributed by atoms with van der Waals surface area (Å²) in [5, 5.41) is 13.0. The molecule has 1 aliphatic heterocycles. The zero-order valence-electron chi connectivity index (χ0n) is 19.6. The van der Waals surface area contributed by atoms with Crippen LogP contribution in [0, 0.1) is 0 Å². The molecule has 1 fully saturated rings. The minimum absolute atomic E-state index is 0.0206. The average molecular weight is 492 g/mol. The Morgan fingerprint density at radius 1 is 1.06 bits per heavy atom. The number of ether oxygens (including phenoxy) is 2. The van der Waals surface area contributed by atoms with Gasteiger partial charge in [0.2, 0.25) is 0 Å². The molecule has 2 heterocycles. The average Bonchev–Trinajstić information content (AvgIpc) is 3.46. The van der Waals surface area contributed by atoms with Gasteiger partial charge in [0.1, 0.15) is 17.6 Å². The van der Waals surface area contributed by atoms with Crippen LogP contribution in [0.5, 0.6) is 5.75 Å². The van der Waals surface area contributed by atoms with E-state index in [0.717, 1.165) is 10.4 Å². The lowest BCUT2D eigenvalue weighted by molar-refractivity contribution is -0.146. The number of aliphatic hydroxyl groups excluding tert-OH is 1. The van der Waals surface area contributed by atoms with Gasteiger partial charge in [0, 0.05) is 16.1 Å². The third-order valence-corrected chi connectivity index (χ3v) is 6.48. The summed E-state index contributed by atoms with van der Waals surface area (Å²) in [5.74, 6) is -1.48. The molecule has 1 amide bonds. The standard InChI is InChI=1S/C27H25NO6S/c1-16(2)34-22(29)15-17-6-10-19(11-7-17)28-24(21-5-4-14-35-21)23(26(31)27(28)32)25(30)18-8-12-20(33-3)13-9-18/h4-14,16,24,30H,15H2,1-3H3/b25-23-. The highest BCUT2D eigenvalue weighted by Crippen LogP contribution is 2.43. The Hall–Kier alpha value is -3.91. The van der Waals surface area contributed by atoms with Crippen LogP contribution in [0.2, 0.25) is 0 Å². The van der Waals surface area contributed by atoms with Crippen molar-refractivity contribution in [1.29, 1.82) is 0 Å². The number of carbonyl (C=O) groups is 3. The molecule has 180 valence electrons. The van der Waals surface area contributed by atoms with Crippen molar-refractivity contribution in [3.63, 3.8) is 0 Å². The highest BCUT2D eigenvalue weighted by molar-refractivity contribution is 7.10. The third-order valence-electron chi connectivity index (χ3n) is 5.55. The summed E-state index contributed by atoms with van der Waals surface area (Å²) in [6, 6.07) is 16.3. The first-order valence-corrected chi connectivity index (χ1v) is 12.0. The van der Waals surface area contributed by atoms with Gasteiger partial charge in [-0.3, -0.25) is 19.3 Å². The lowest BCUT2D eigenvalue weighted by Gasteiger charge is -2.24. The Balaban J connectivity index is 1.72. The fourth-order valence-electron chi connectivity index (χ4n) is 3.96. The van der Waals surface area contributed by atoms with Crippen LogP contribution in [0.3, 0.4) is 0 Å². The second-order valence-corrected chi connectivity index (χ2v) is 9.27. The van der Waals surface area contributed by atoms with Crippen molar-refractivity contribution in [3.05, 3.63) is 87.6 Å². The zero-order valence-corrected chi connectivity index (χ0v) is 20.4.